The molecule has 6 atom stereocenters. The molecule has 2 amide bonds. The molecule has 1 N–H and O–H groups in total. The maximum Gasteiger partial charge on any atom is 0.312 e. The van der Waals surface area contributed by atoms with Crippen molar-refractivity contribution in [1.82, 2.24) is 4.90 Å². The lowest BCUT2D eigenvalue weighted by Crippen LogP contribution is -2.59. The molecule has 1 spiro atoms. The molecule has 0 aromatic heterocycles. The highest BCUT2D eigenvalue weighted by atomic mass is 16.6. The molecule has 9 heteroatoms. The highest BCUT2D eigenvalue weighted by Crippen LogP contribution is 2.65. The van der Waals surface area contributed by atoms with Gasteiger partial charge in [0.1, 0.15) is 23.3 Å². The number of aliphatic hydroxyl groups is 1. The van der Waals surface area contributed by atoms with Gasteiger partial charge in [-0.05, 0) is 75.1 Å². The fourth-order valence-corrected chi connectivity index (χ4v) is 7.52. The Balaban J connectivity index is 1.78. The van der Waals surface area contributed by atoms with Gasteiger partial charge >= 0.3 is 5.97 Å². The topological polar surface area (TPSA) is 106 Å². The molecule has 43 heavy (non-hydrogen) atoms. The zero-order valence-corrected chi connectivity index (χ0v) is 26.1. The number of benzene rings is 1. The Morgan fingerprint density at radius 3 is 2.49 bits per heavy atom. The summed E-state index contributed by atoms with van der Waals surface area (Å²) >= 11 is 0. The largest absolute Gasteiger partial charge is 0.497 e. The van der Waals surface area contributed by atoms with Crippen molar-refractivity contribution in [2.24, 2.45) is 17.8 Å². The van der Waals surface area contributed by atoms with E-state index in [4.69, 9.17) is 14.2 Å². The second-order valence-corrected chi connectivity index (χ2v) is 12.4. The molecule has 236 valence electrons. The van der Waals surface area contributed by atoms with Gasteiger partial charge in [0.25, 0.3) is 5.91 Å². The Hall–Kier alpha value is -3.17. The van der Waals surface area contributed by atoms with Crippen molar-refractivity contribution in [2.45, 2.75) is 89.0 Å². The monoisotopic (exact) mass is 596 g/mol. The van der Waals surface area contributed by atoms with Crippen molar-refractivity contribution >= 4 is 23.5 Å². The Labute approximate surface area is 255 Å². The summed E-state index contributed by atoms with van der Waals surface area (Å²) in [6.45, 7) is 13.7. The van der Waals surface area contributed by atoms with Crippen LogP contribution in [0, 0.1) is 17.8 Å². The van der Waals surface area contributed by atoms with E-state index in [1.807, 2.05) is 26.8 Å². The summed E-state index contributed by atoms with van der Waals surface area (Å²) in [7, 11) is 1.58. The second-order valence-electron chi connectivity index (χ2n) is 12.4. The summed E-state index contributed by atoms with van der Waals surface area (Å²) in [6.07, 6.45) is 7.86. The van der Waals surface area contributed by atoms with Crippen LogP contribution in [0.4, 0.5) is 5.69 Å². The molecule has 3 aliphatic heterocycles. The van der Waals surface area contributed by atoms with E-state index in [9.17, 15) is 19.5 Å². The first-order chi connectivity index (χ1) is 20.6. The molecule has 0 aliphatic carbocycles. The molecule has 1 aromatic carbocycles. The van der Waals surface area contributed by atoms with E-state index in [1.54, 1.807) is 47.3 Å². The van der Waals surface area contributed by atoms with Gasteiger partial charge in [0.2, 0.25) is 5.91 Å². The van der Waals surface area contributed by atoms with Crippen LogP contribution in [-0.2, 0) is 23.9 Å². The van der Waals surface area contributed by atoms with Crippen LogP contribution in [0.1, 0.15) is 65.7 Å². The van der Waals surface area contributed by atoms with Crippen LogP contribution >= 0.6 is 0 Å². The SMILES string of the molecule is C=CCCCCOC(=O)[C@H]1[C@H]2C(=O)N([C@@H](CO)CC(C)C)C(C(=O)N(CC=C)c3ccc(OC)cc3)C23CC[C@]1(CC)O3. The Kier molecular flexibility index (Phi) is 10.4. The number of unbranched alkanes of at least 4 members (excludes halogenated alkanes) is 2. The molecule has 9 nitrogen and oxygen atoms in total. The average Bonchev–Trinajstić information content (AvgIpc) is 3.61. The number of likely N-dealkylation sites (tertiary alicyclic amines) is 1. The number of fused-ring (bicyclic) bond motifs is 1. The predicted molar refractivity (Wildman–Crippen MR) is 165 cm³/mol. The van der Waals surface area contributed by atoms with E-state index in [1.165, 1.54) is 0 Å². The Morgan fingerprint density at radius 2 is 1.91 bits per heavy atom. The first-order valence-corrected chi connectivity index (χ1v) is 15.6. The minimum atomic E-state index is -1.22. The van der Waals surface area contributed by atoms with Crippen LogP contribution in [0.15, 0.2) is 49.6 Å². The zero-order chi connectivity index (χ0) is 31.4. The van der Waals surface area contributed by atoms with Gasteiger partial charge in [0, 0.05) is 12.2 Å². The number of carbonyl (C=O) groups is 3. The van der Waals surface area contributed by atoms with Crippen molar-refractivity contribution in [3.05, 3.63) is 49.6 Å². The number of carbonyl (C=O) groups excluding carboxylic acids is 3. The van der Waals surface area contributed by atoms with E-state index in [-0.39, 0.29) is 37.5 Å². The van der Waals surface area contributed by atoms with Gasteiger partial charge in [-0.1, -0.05) is 32.9 Å². The standard InChI is InChI=1S/C34H48N2O7/c1-7-10-11-12-20-42-32(40)28-27-30(38)36(25(22-37)21-23(4)5)29(34(27)18-17-33(28,9-3)43-34)31(39)35(19-8-2)24-13-15-26(41-6)16-14-24/h7-8,13-16,23,25,27-29,37H,1-2,9-12,17-22H2,3-6H3/t25-,27+,28-,29?,33+,34?/m1/s1. The lowest BCUT2D eigenvalue weighted by atomic mass is 9.65. The van der Waals surface area contributed by atoms with Crippen molar-refractivity contribution in [1.29, 1.82) is 0 Å². The number of hydrogen-bond acceptors (Lipinski definition) is 7. The fraction of sp³-hybridized carbons (Fsp3) is 0.618. The number of hydrogen-bond donors (Lipinski definition) is 1. The molecular formula is C34H48N2O7. The molecule has 1 aromatic rings. The maximum absolute atomic E-state index is 14.8. The van der Waals surface area contributed by atoms with Crippen molar-refractivity contribution < 1.29 is 33.7 Å². The van der Waals surface area contributed by atoms with Crippen LogP contribution in [0.2, 0.25) is 0 Å². The molecule has 4 rings (SSSR count). The van der Waals surface area contributed by atoms with Crippen LogP contribution in [-0.4, -0.2) is 77.9 Å². The smallest absolute Gasteiger partial charge is 0.312 e. The van der Waals surface area contributed by atoms with E-state index >= 15 is 0 Å². The molecule has 3 heterocycles. The summed E-state index contributed by atoms with van der Waals surface area (Å²) in [6, 6.07) is 5.50. The first kappa shape index (κ1) is 32.7. The highest BCUT2D eigenvalue weighted by Gasteiger charge is 2.79. The van der Waals surface area contributed by atoms with Crippen LogP contribution in [0.25, 0.3) is 0 Å². The number of aliphatic hydroxyl groups excluding tert-OH is 1. The number of anilines is 1. The maximum atomic E-state index is 14.8. The normalized spacial score (nSPS) is 28.1. The fourth-order valence-electron chi connectivity index (χ4n) is 7.52. The molecular weight excluding hydrogens is 548 g/mol. The number of esters is 1. The summed E-state index contributed by atoms with van der Waals surface area (Å²) in [5, 5.41) is 10.6. The van der Waals surface area contributed by atoms with Gasteiger partial charge in [-0.2, -0.15) is 0 Å². The van der Waals surface area contributed by atoms with E-state index < -0.39 is 41.1 Å². The number of rotatable bonds is 16. The van der Waals surface area contributed by atoms with Gasteiger partial charge in [0.15, 0.2) is 0 Å². The minimum Gasteiger partial charge on any atom is -0.497 e. The first-order valence-electron chi connectivity index (χ1n) is 15.6. The van der Waals surface area contributed by atoms with Gasteiger partial charge < -0.3 is 29.1 Å². The zero-order valence-electron chi connectivity index (χ0n) is 26.1. The minimum absolute atomic E-state index is 0.153. The molecule has 3 fully saturated rings. The summed E-state index contributed by atoms with van der Waals surface area (Å²) in [5.41, 5.74) is -1.48. The molecule has 3 aliphatic rings. The molecule has 2 unspecified atom stereocenters. The van der Waals surface area contributed by atoms with Gasteiger partial charge in [0.05, 0.1) is 37.9 Å². The summed E-state index contributed by atoms with van der Waals surface area (Å²) < 4.78 is 18.0. The van der Waals surface area contributed by atoms with Crippen LogP contribution < -0.4 is 9.64 Å². The quantitative estimate of drug-likeness (QED) is 0.168. The number of nitrogens with zero attached hydrogens (tertiary/aromatic N) is 2. The highest BCUT2D eigenvalue weighted by molar-refractivity contribution is 6.05. The molecule has 3 saturated heterocycles. The van der Waals surface area contributed by atoms with Gasteiger partial charge in [-0.25, -0.2) is 0 Å². The third-order valence-corrected chi connectivity index (χ3v) is 9.46. The molecule has 2 bridgehead atoms. The summed E-state index contributed by atoms with van der Waals surface area (Å²) in [4.78, 5) is 46.3. The predicted octanol–water partition coefficient (Wildman–Crippen LogP) is 4.68. The lowest BCUT2D eigenvalue weighted by molar-refractivity contribution is -0.162. The van der Waals surface area contributed by atoms with Gasteiger partial charge in [-0.15, -0.1) is 13.2 Å². The van der Waals surface area contributed by atoms with Crippen LogP contribution in [0.5, 0.6) is 5.75 Å². The molecule has 0 radical (unpaired) electrons. The molecule has 0 saturated carbocycles. The van der Waals surface area contributed by atoms with Crippen molar-refractivity contribution in [3.63, 3.8) is 0 Å². The van der Waals surface area contributed by atoms with E-state index in [0.29, 0.717) is 43.5 Å². The van der Waals surface area contributed by atoms with Gasteiger partial charge in [-0.3, -0.25) is 14.4 Å². The number of allylic oxidation sites excluding steroid dienone is 1. The van der Waals surface area contributed by atoms with E-state index in [2.05, 4.69) is 13.2 Å². The number of ether oxygens (including phenoxy) is 3. The average molecular weight is 597 g/mol. The van der Waals surface area contributed by atoms with E-state index in [0.717, 1.165) is 12.8 Å². The Morgan fingerprint density at radius 1 is 1.19 bits per heavy atom. The third-order valence-electron chi connectivity index (χ3n) is 9.46. The number of methoxy groups -OCH3 is 1. The van der Waals surface area contributed by atoms with Crippen LogP contribution in [0.3, 0.4) is 0 Å². The Bertz CT molecular complexity index is 1180. The van der Waals surface area contributed by atoms with Crippen molar-refractivity contribution in [3.8, 4) is 5.75 Å². The van der Waals surface area contributed by atoms with Crippen molar-refractivity contribution in [2.75, 3.05) is 31.8 Å². The number of amides is 2. The summed E-state index contributed by atoms with van der Waals surface area (Å²) in [5.74, 6) is -2.00. The lowest BCUT2D eigenvalue weighted by Gasteiger charge is -2.40. The third kappa shape index (κ3) is 5.86. The second kappa shape index (κ2) is 13.6.